The molecule has 0 spiro atoms. The van der Waals surface area contributed by atoms with Crippen LogP contribution in [0.15, 0.2) is 36.4 Å². The summed E-state index contributed by atoms with van der Waals surface area (Å²) in [6.45, 7) is 0.103. The van der Waals surface area contributed by atoms with Gasteiger partial charge < -0.3 is 5.32 Å². The molecule has 104 valence electrons. The van der Waals surface area contributed by atoms with Gasteiger partial charge in [0.2, 0.25) is 5.82 Å². The summed E-state index contributed by atoms with van der Waals surface area (Å²) in [5, 5.41) is 13.7. The lowest BCUT2D eigenvalue weighted by Crippen LogP contribution is -2.03. The molecule has 1 N–H and O–H groups in total. The molecule has 0 saturated heterocycles. The van der Waals surface area contributed by atoms with E-state index in [9.17, 15) is 18.9 Å². The van der Waals surface area contributed by atoms with E-state index in [1.165, 1.54) is 24.3 Å². The number of rotatable bonds is 4. The molecule has 20 heavy (non-hydrogen) atoms. The van der Waals surface area contributed by atoms with Gasteiger partial charge in [-0.3, -0.25) is 10.1 Å². The molecular weight excluding hydrogens is 290 g/mol. The third kappa shape index (κ3) is 3.21. The Balaban J connectivity index is 2.15. The zero-order valence-electron chi connectivity index (χ0n) is 10.1. The molecule has 2 rings (SSSR count). The highest BCUT2D eigenvalue weighted by Gasteiger charge is 2.14. The molecule has 7 heteroatoms. The van der Waals surface area contributed by atoms with E-state index in [0.717, 1.165) is 12.1 Å². The van der Waals surface area contributed by atoms with Crippen molar-refractivity contribution in [1.82, 2.24) is 0 Å². The van der Waals surface area contributed by atoms with Crippen molar-refractivity contribution in [3.63, 3.8) is 0 Å². The number of anilines is 1. The fourth-order valence-corrected chi connectivity index (χ4v) is 1.78. The maximum absolute atomic E-state index is 13.5. The van der Waals surface area contributed by atoms with E-state index in [-0.39, 0.29) is 11.6 Å². The summed E-state index contributed by atoms with van der Waals surface area (Å²) in [6.07, 6.45) is 0. The Hall–Kier alpha value is -2.21. The lowest BCUT2D eigenvalue weighted by molar-refractivity contribution is -0.387. The first-order chi connectivity index (χ1) is 9.47. The number of nitrogens with zero attached hydrogens (tertiary/aromatic N) is 1. The van der Waals surface area contributed by atoms with Crippen LogP contribution in [0.2, 0.25) is 5.02 Å². The molecular formula is C13H9ClF2N2O2. The van der Waals surface area contributed by atoms with Gasteiger partial charge in [-0.15, -0.1) is 0 Å². The third-order valence-corrected chi connectivity index (χ3v) is 2.88. The number of halogens is 3. The molecule has 0 aliphatic rings. The Kier molecular flexibility index (Phi) is 4.14. The Bertz CT molecular complexity index is 665. The number of nitrogens with one attached hydrogen (secondary N) is 1. The molecule has 0 radical (unpaired) electrons. The van der Waals surface area contributed by atoms with Crippen LogP contribution >= 0.6 is 11.6 Å². The second kappa shape index (κ2) is 5.83. The summed E-state index contributed by atoms with van der Waals surface area (Å²) in [5.41, 5.74) is 0.0420. The average molecular weight is 299 g/mol. The molecule has 0 heterocycles. The summed E-state index contributed by atoms with van der Waals surface area (Å²) in [7, 11) is 0. The fourth-order valence-electron chi connectivity index (χ4n) is 1.62. The van der Waals surface area contributed by atoms with Crippen LogP contribution in [0.4, 0.5) is 20.2 Å². The van der Waals surface area contributed by atoms with Gasteiger partial charge in [-0.05, 0) is 24.3 Å². The van der Waals surface area contributed by atoms with E-state index in [1.54, 1.807) is 0 Å². The standard InChI is InChI=1S/C13H9ClF2N2O2/c14-9-2-1-8(12(16)5-9)7-17-10-3-4-11(15)13(6-10)18(19)20/h1-6,17H,7H2. The van der Waals surface area contributed by atoms with Gasteiger partial charge in [-0.2, -0.15) is 4.39 Å². The van der Waals surface area contributed by atoms with Crippen LogP contribution in [0, 0.1) is 21.7 Å². The Morgan fingerprint density at radius 1 is 1.15 bits per heavy atom. The minimum Gasteiger partial charge on any atom is -0.381 e. The predicted octanol–water partition coefficient (Wildman–Crippen LogP) is 4.14. The van der Waals surface area contributed by atoms with E-state index < -0.39 is 22.2 Å². The maximum atomic E-state index is 13.5. The van der Waals surface area contributed by atoms with Crippen molar-refractivity contribution >= 4 is 23.0 Å². The molecule has 0 saturated carbocycles. The maximum Gasteiger partial charge on any atom is 0.306 e. The van der Waals surface area contributed by atoms with Crippen molar-refractivity contribution in [3.8, 4) is 0 Å². The van der Waals surface area contributed by atoms with Crippen LogP contribution in [0.3, 0.4) is 0 Å². The van der Waals surface area contributed by atoms with Crippen molar-refractivity contribution < 1.29 is 13.7 Å². The number of benzene rings is 2. The van der Waals surface area contributed by atoms with E-state index in [0.29, 0.717) is 11.3 Å². The molecule has 0 atom stereocenters. The molecule has 0 amide bonds. The summed E-state index contributed by atoms with van der Waals surface area (Å²) >= 11 is 5.63. The lowest BCUT2D eigenvalue weighted by Gasteiger charge is -2.08. The van der Waals surface area contributed by atoms with E-state index in [2.05, 4.69) is 5.32 Å². The van der Waals surface area contributed by atoms with Crippen LogP contribution in [0.1, 0.15) is 5.56 Å². The molecule has 0 bridgehead atoms. The van der Waals surface area contributed by atoms with Crippen molar-refractivity contribution in [3.05, 3.63) is 68.7 Å². The largest absolute Gasteiger partial charge is 0.381 e. The lowest BCUT2D eigenvalue weighted by atomic mass is 10.2. The smallest absolute Gasteiger partial charge is 0.306 e. The molecule has 0 unspecified atom stereocenters. The van der Waals surface area contributed by atoms with Gasteiger partial charge in [0, 0.05) is 28.9 Å². The summed E-state index contributed by atoms with van der Waals surface area (Å²) in [6, 6.07) is 7.60. The van der Waals surface area contributed by atoms with Crippen LogP contribution in [-0.4, -0.2) is 4.92 Å². The second-order valence-corrected chi connectivity index (χ2v) is 4.45. The second-order valence-electron chi connectivity index (χ2n) is 4.01. The molecule has 0 aromatic heterocycles. The third-order valence-electron chi connectivity index (χ3n) is 2.64. The van der Waals surface area contributed by atoms with Gasteiger partial charge in [0.15, 0.2) is 0 Å². The minimum atomic E-state index is -0.918. The number of hydrogen-bond donors (Lipinski definition) is 1. The SMILES string of the molecule is O=[N+]([O-])c1cc(NCc2ccc(Cl)cc2F)ccc1F. The zero-order chi connectivity index (χ0) is 14.7. The Morgan fingerprint density at radius 2 is 1.90 bits per heavy atom. The summed E-state index contributed by atoms with van der Waals surface area (Å²) < 4.78 is 26.7. The molecule has 0 aliphatic heterocycles. The Labute approximate surface area is 118 Å². The minimum absolute atomic E-state index is 0.103. The normalized spacial score (nSPS) is 10.3. The van der Waals surface area contributed by atoms with E-state index in [1.807, 2.05) is 0 Å². The van der Waals surface area contributed by atoms with E-state index in [4.69, 9.17) is 11.6 Å². The highest BCUT2D eigenvalue weighted by atomic mass is 35.5. The van der Waals surface area contributed by atoms with Gasteiger partial charge in [-0.1, -0.05) is 17.7 Å². The van der Waals surface area contributed by atoms with E-state index >= 15 is 0 Å². The van der Waals surface area contributed by atoms with Crippen molar-refractivity contribution in [2.45, 2.75) is 6.54 Å². The highest BCUT2D eigenvalue weighted by Crippen LogP contribution is 2.22. The van der Waals surface area contributed by atoms with Crippen LogP contribution in [-0.2, 0) is 6.54 Å². The fraction of sp³-hybridized carbons (Fsp3) is 0.0769. The quantitative estimate of drug-likeness (QED) is 0.682. The van der Waals surface area contributed by atoms with Gasteiger partial charge in [-0.25, -0.2) is 4.39 Å². The van der Waals surface area contributed by atoms with Crippen molar-refractivity contribution in [2.75, 3.05) is 5.32 Å². The summed E-state index contributed by atoms with van der Waals surface area (Å²) in [4.78, 5) is 9.79. The first-order valence-corrected chi connectivity index (χ1v) is 5.97. The van der Waals surface area contributed by atoms with Gasteiger partial charge in [0.05, 0.1) is 4.92 Å². The molecule has 0 aliphatic carbocycles. The van der Waals surface area contributed by atoms with Crippen molar-refractivity contribution in [2.24, 2.45) is 0 Å². The first-order valence-electron chi connectivity index (χ1n) is 5.59. The monoisotopic (exact) mass is 298 g/mol. The predicted molar refractivity (Wildman–Crippen MR) is 71.8 cm³/mol. The Morgan fingerprint density at radius 3 is 2.55 bits per heavy atom. The highest BCUT2D eigenvalue weighted by molar-refractivity contribution is 6.30. The average Bonchev–Trinajstić information content (AvgIpc) is 2.39. The molecule has 0 fully saturated rings. The van der Waals surface area contributed by atoms with Gasteiger partial charge >= 0.3 is 5.69 Å². The summed E-state index contributed by atoms with van der Waals surface area (Å²) in [5.74, 6) is -1.40. The molecule has 4 nitrogen and oxygen atoms in total. The van der Waals surface area contributed by atoms with Crippen LogP contribution in [0.25, 0.3) is 0 Å². The number of hydrogen-bond acceptors (Lipinski definition) is 3. The van der Waals surface area contributed by atoms with Crippen LogP contribution < -0.4 is 5.32 Å². The molecule has 2 aromatic rings. The topological polar surface area (TPSA) is 55.2 Å². The number of nitro benzene ring substituents is 1. The van der Waals surface area contributed by atoms with Gasteiger partial charge in [0.25, 0.3) is 0 Å². The first kappa shape index (κ1) is 14.2. The van der Waals surface area contributed by atoms with Crippen molar-refractivity contribution in [1.29, 1.82) is 0 Å². The van der Waals surface area contributed by atoms with Crippen LogP contribution in [0.5, 0.6) is 0 Å². The number of nitro groups is 1. The zero-order valence-corrected chi connectivity index (χ0v) is 10.8. The van der Waals surface area contributed by atoms with Gasteiger partial charge in [0.1, 0.15) is 5.82 Å². The molecule has 2 aromatic carbocycles.